The average Bonchev–Trinajstić information content (AvgIpc) is 2.85. The molecule has 0 spiro atoms. The summed E-state index contributed by atoms with van der Waals surface area (Å²) in [7, 11) is 1.49. The second-order valence-electron chi connectivity index (χ2n) is 3.08. The van der Waals surface area contributed by atoms with E-state index in [4.69, 9.17) is 0 Å². The molecular formula is C13H21N3O2S. The number of hydrogen-bond donors (Lipinski definition) is 2. The topological polar surface area (TPSA) is 74.8 Å². The Bertz CT molecular complexity index is 587. The summed E-state index contributed by atoms with van der Waals surface area (Å²) in [6, 6.07) is 0. The monoisotopic (exact) mass is 283 g/mol. The molecule has 1 amide bonds. The fraction of sp³-hybridized carbons (Fsp3) is 0.462. The van der Waals surface area contributed by atoms with E-state index in [1.54, 1.807) is 6.92 Å². The van der Waals surface area contributed by atoms with Crippen LogP contribution in [0.1, 0.15) is 43.7 Å². The molecule has 106 valence electrons. The SMILES string of the molecule is CC.CC.CNC(=O)c1c[nH]c2snc(C)c2c1=O. The fourth-order valence-corrected chi connectivity index (χ4v) is 2.14. The molecule has 0 atom stereocenters. The van der Waals surface area contributed by atoms with Gasteiger partial charge in [0.2, 0.25) is 5.43 Å². The number of carbonyl (C=O) groups is 1. The zero-order valence-corrected chi connectivity index (χ0v) is 13.1. The maximum Gasteiger partial charge on any atom is 0.256 e. The van der Waals surface area contributed by atoms with E-state index in [1.165, 1.54) is 24.8 Å². The van der Waals surface area contributed by atoms with E-state index >= 15 is 0 Å². The lowest BCUT2D eigenvalue weighted by atomic mass is 10.2. The molecule has 2 rings (SSSR count). The molecule has 0 fully saturated rings. The highest BCUT2D eigenvalue weighted by Gasteiger charge is 2.14. The second-order valence-corrected chi connectivity index (χ2v) is 3.86. The molecule has 0 aliphatic heterocycles. The lowest BCUT2D eigenvalue weighted by Crippen LogP contribution is -2.25. The molecule has 0 bridgehead atoms. The maximum absolute atomic E-state index is 11.9. The highest BCUT2D eigenvalue weighted by Crippen LogP contribution is 2.16. The van der Waals surface area contributed by atoms with E-state index in [-0.39, 0.29) is 16.9 Å². The maximum atomic E-state index is 11.9. The largest absolute Gasteiger partial charge is 0.355 e. The number of hydrogen-bond acceptors (Lipinski definition) is 4. The van der Waals surface area contributed by atoms with Crippen LogP contribution in [0.3, 0.4) is 0 Å². The Hall–Kier alpha value is -1.69. The number of pyridine rings is 1. The van der Waals surface area contributed by atoms with Gasteiger partial charge in [-0.2, -0.15) is 4.37 Å². The van der Waals surface area contributed by atoms with Crippen molar-refractivity contribution < 1.29 is 4.79 Å². The molecule has 2 heterocycles. The summed E-state index contributed by atoms with van der Waals surface area (Å²) < 4.78 is 4.06. The van der Waals surface area contributed by atoms with Gasteiger partial charge in [-0.15, -0.1) is 0 Å². The highest BCUT2D eigenvalue weighted by atomic mass is 32.1. The molecule has 6 heteroatoms. The van der Waals surface area contributed by atoms with Crippen LogP contribution >= 0.6 is 11.5 Å². The number of aromatic amines is 1. The number of amides is 1. The van der Waals surface area contributed by atoms with Crippen molar-refractivity contribution in [2.75, 3.05) is 7.05 Å². The van der Waals surface area contributed by atoms with Crippen LogP contribution in [0.15, 0.2) is 11.0 Å². The number of carbonyl (C=O) groups excluding carboxylic acids is 1. The van der Waals surface area contributed by atoms with E-state index < -0.39 is 0 Å². The van der Waals surface area contributed by atoms with E-state index in [0.29, 0.717) is 15.9 Å². The van der Waals surface area contributed by atoms with Crippen LogP contribution in [-0.4, -0.2) is 22.3 Å². The Balaban J connectivity index is 0.000000741. The second kappa shape index (κ2) is 8.42. The van der Waals surface area contributed by atoms with E-state index in [2.05, 4.69) is 14.7 Å². The van der Waals surface area contributed by atoms with Crippen LogP contribution in [0.4, 0.5) is 0 Å². The number of aromatic nitrogens is 2. The van der Waals surface area contributed by atoms with Gasteiger partial charge in [-0.25, -0.2) is 0 Å². The molecular weight excluding hydrogens is 262 g/mol. The third-order valence-electron chi connectivity index (χ3n) is 2.15. The molecule has 2 aromatic heterocycles. The lowest BCUT2D eigenvalue weighted by Gasteiger charge is -1.98. The van der Waals surface area contributed by atoms with Crippen LogP contribution in [0.5, 0.6) is 0 Å². The standard InChI is InChI=1S/C9H9N3O2S.2C2H6/c1-4-6-7(13)5(8(14)10-2)3-11-9(6)15-12-4;2*1-2/h3H,1-2H3,(H,10,14)(H,11,13);2*1-2H3. The third kappa shape index (κ3) is 3.64. The van der Waals surface area contributed by atoms with Gasteiger partial charge in [0.1, 0.15) is 10.4 Å². The van der Waals surface area contributed by atoms with Crippen molar-refractivity contribution in [2.24, 2.45) is 0 Å². The molecule has 0 unspecified atom stereocenters. The Labute approximate surface area is 117 Å². The lowest BCUT2D eigenvalue weighted by molar-refractivity contribution is 0.0962. The first-order valence-electron chi connectivity index (χ1n) is 6.35. The first-order chi connectivity index (χ1) is 9.15. The predicted molar refractivity (Wildman–Crippen MR) is 81.1 cm³/mol. The summed E-state index contributed by atoms with van der Waals surface area (Å²) in [6.45, 7) is 9.75. The highest BCUT2D eigenvalue weighted by molar-refractivity contribution is 7.12. The summed E-state index contributed by atoms with van der Waals surface area (Å²) in [5, 5.41) is 2.92. The fourth-order valence-electron chi connectivity index (χ4n) is 1.38. The quantitative estimate of drug-likeness (QED) is 0.845. The van der Waals surface area contributed by atoms with Crippen LogP contribution < -0.4 is 10.7 Å². The molecule has 5 nitrogen and oxygen atoms in total. The summed E-state index contributed by atoms with van der Waals surface area (Å²) in [5.74, 6) is -0.385. The van der Waals surface area contributed by atoms with Crippen molar-refractivity contribution in [3.63, 3.8) is 0 Å². The van der Waals surface area contributed by atoms with Gasteiger partial charge in [0.05, 0.1) is 11.1 Å². The minimum absolute atomic E-state index is 0.119. The summed E-state index contributed by atoms with van der Waals surface area (Å²) in [5.41, 5.74) is 0.504. The normalized spacial score (nSPS) is 8.95. The average molecular weight is 283 g/mol. The van der Waals surface area contributed by atoms with Crippen molar-refractivity contribution in [1.29, 1.82) is 0 Å². The number of rotatable bonds is 1. The summed E-state index contributed by atoms with van der Waals surface area (Å²) >= 11 is 1.22. The Morgan fingerprint density at radius 2 is 1.89 bits per heavy atom. The Morgan fingerprint density at radius 1 is 1.32 bits per heavy atom. The summed E-state index contributed by atoms with van der Waals surface area (Å²) in [4.78, 5) is 26.9. The minimum Gasteiger partial charge on any atom is -0.355 e. The van der Waals surface area contributed by atoms with Crippen molar-refractivity contribution >= 4 is 27.7 Å². The van der Waals surface area contributed by atoms with Crippen molar-refractivity contribution in [3.05, 3.63) is 27.7 Å². The first-order valence-corrected chi connectivity index (χ1v) is 7.12. The molecule has 19 heavy (non-hydrogen) atoms. The van der Waals surface area contributed by atoms with Gasteiger partial charge in [0, 0.05) is 13.2 Å². The Kier molecular flexibility index (Phi) is 7.67. The van der Waals surface area contributed by atoms with Crippen molar-refractivity contribution in [2.45, 2.75) is 34.6 Å². The van der Waals surface area contributed by atoms with Gasteiger partial charge in [0.15, 0.2) is 0 Å². The third-order valence-corrected chi connectivity index (χ3v) is 3.02. The van der Waals surface area contributed by atoms with Crippen LogP contribution in [0.25, 0.3) is 10.2 Å². The van der Waals surface area contributed by atoms with Crippen molar-refractivity contribution in [3.8, 4) is 0 Å². The zero-order chi connectivity index (χ0) is 15.0. The number of nitrogens with zero attached hydrogens (tertiary/aromatic N) is 1. The molecule has 0 saturated heterocycles. The molecule has 0 aliphatic rings. The van der Waals surface area contributed by atoms with Crippen LogP contribution in [0.2, 0.25) is 0 Å². The molecule has 0 aliphatic carbocycles. The van der Waals surface area contributed by atoms with Gasteiger partial charge in [-0.1, -0.05) is 27.7 Å². The smallest absolute Gasteiger partial charge is 0.256 e. The van der Waals surface area contributed by atoms with Gasteiger partial charge >= 0.3 is 0 Å². The van der Waals surface area contributed by atoms with Crippen molar-refractivity contribution in [1.82, 2.24) is 14.7 Å². The number of fused-ring (bicyclic) bond motifs is 1. The minimum atomic E-state index is -0.385. The van der Waals surface area contributed by atoms with E-state index in [9.17, 15) is 9.59 Å². The van der Waals surface area contributed by atoms with Crippen LogP contribution in [-0.2, 0) is 0 Å². The molecule has 0 radical (unpaired) electrons. The number of nitrogens with one attached hydrogen (secondary N) is 2. The number of aryl methyl sites for hydroxylation is 1. The molecule has 0 aromatic carbocycles. The van der Waals surface area contributed by atoms with Gasteiger partial charge in [0.25, 0.3) is 5.91 Å². The van der Waals surface area contributed by atoms with Gasteiger partial charge < -0.3 is 10.3 Å². The van der Waals surface area contributed by atoms with Crippen LogP contribution in [0, 0.1) is 6.92 Å². The Morgan fingerprint density at radius 3 is 2.42 bits per heavy atom. The van der Waals surface area contributed by atoms with E-state index in [1.807, 2.05) is 27.7 Å². The molecule has 2 aromatic rings. The molecule has 2 N–H and O–H groups in total. The van der Waals surface area contributed by atoms with Gasteiger partial charge in [-0.3, -0.25) is 9.59 Å². The first kappa shape index (κ1) is 17.3. The number of H-pyrrole nitrogens is 1. The zero-order valence-electron chi connectivity index (χ0n) is 12.2. The molecule has 0 saturated carbocycles. The van der Waals surface area contributed by atoms with Gasteiger partial charge in [-0.05, 0) is 18.5 Å². The predicted octanol–water partition coefficient (Wildman–Crippen LogP) is 2.71. The van der Waals surface area contributed by atoms with E-state index in [0.717, 1.165) is 0 Å². The summed E-state index contributed by atoms with van der Waals surface area (Å²) in [6.07, 6.45) is 1.42.